The lowest BCUT2D eigenvalue weighted by molar-refractivity contribution is -0.138. The zero-order chi connectivity index (χ0) is 24.2. The van der Waals surface area contributed by atoms with Gasteiger partial charge in [0.15, 0.2) is 0 Å². The van der Waals surface area contributed by atoms with Crippen molar-refractivity contribution in [1.29, 1.82) is 0 Å². The highest BCUT2D eigenvalue weighted by molar-refractivity contribution is 5.80. The molecule has 1 unspecified atom stereocenters. The number of amides is 1. The molecule has 34 heavy (non-hydrogen) atoms. The van der Waals surface area contributed by atoms with Gasteiger partial charge in [-0.05, 0) is 56.4 Å². The summed E-state index contributed by atoms with van der Waals surface area (Å²) in [7, 11) is 1.60. The van der Waals surface area contributed by atoms with E-state index in [0.717, 1.165) is 32.1 Å². The molecular weight excluding hydrogens is 426 g/mol. The predicted molar refractivity (Wildman–Crippen MR) is 135 cm³/mol. The third-order valence-electron chi connectivity index (χ3n) is 6.90. The second-order valence-corrected chi connectivity index (χ2v) is 9.67. The van der Waals surface area contributed by atoms with Crippen molar-refractivity contribution in [3.63, 3.8) is 0 Å². The van der Waals surface area contributed by atoms with Crippen molar-refractivity contribution < 1.29 is 9.53 Å². The number of rotatable bonds is 8. The number of aromatic nitrogens is 2. The van der Waals surface area contributed by atoms with Crippen molar-refractivity contribution in [2.45, 2.75) is 58.9 Å². The van der Waals surface area contributed by atoms with E-state index in [9.17, 15) is 9.59 Å². The highest BCUT2D eigenvalue weighted by Gasteiger charge is 2.33. The van der Waals surface area contributed by atoms with Gasteiger partial charge < -0.3 is 9.64 Å². The lowest BCUT2D eigenvalue weighted by atomic mass is 10.0. The zero-order valence-corrected chi connectivity index (χ0v) is 20.7. The van der Waals surface area contributed by atoms with Crippen LogP contribution in [0.5, 0.6) is 5.75 Å². The van der Waals surface area contributed by atoms with E-state index < -0.39 is 0 Å². The molecule has 180 valence electrons. The van der Waals surface area contributed by atoms with Gasteiger partial charge in [-0.25, -0.2) is 4.98 Å². The molecule has 1 saturated carbocycles. The maximum Gasteiger partial charge on any atom is 0.266 e. The minimum absolute atomic E-state index is 0.0569. The summed E-state index contributed by atoms with van der Waals surface area (Å²) in [4.78, 5) is 34.4. The van der Waals surface area contributed by atoms with Crippen molar-refractivity contribution in [3.8, 4) is 11.4 Å². The van der Waals surface area contributed by atoms with E-state index in [1.165, 1.54) is 0 Å². The smallest absolute Gasteiger partial charge is 0.266 e. The van der Waals surface area contributed by atoms with Gasteiger partial charge in [0.2, 0.25) is 5.91 Å². The normalized spacial score (nSPS) is 15.1. The Morgan fingerprint density at radius 3 is 2.47 bits per heavy atom. The first-order chi connectivity index (χ1) is 16.4. The SMILES string of the molecule is COc1ccccc1-n1c(C(C)N(CCC(C)C)C(=O)C2CCCC2)nc2ccccc2c1=O. The molecular formula is C28H35N3O3. The molecule has 6 heteroatoms. The lowest BCUT2D eigenvalue weighted by Crippen LogP contribution is -2.41. The molecule has 3 aromatic rings. The van der Waals surface area contributed by atoms with Crippen molar-refractivity contribution in [2.75, 3.05) is 13.7 Å². The first-order valence-corrected chi connectivity index (χ1v) is 12.4. The molecule has 0 radical (unpaired) electrons. The van der Waals surface area contributed by atoms with Gasteiger partial charge in [-0.15, -0.1) is 0 Å². The largest absolute Gasteiger partial charge is 0.495 e. The number of carbonyl (C=O) groups is 1. The Morgan fingerprint density at radius 2 is 1.76 bits per heavy atom. The number of para-hydroxylation sites is 3. The van der Waals surface area contributed by atoms with Gasteiger partial charge in [-0.1, -0.05) is 51.0 Å². The van der Waals surface area contributed by atoms with Gasteiger partial charge in [0.1, 0.15) is 11.6 Å². The van der Waals surface area contributed by atoms with Crippen molar-refractivity contribution in [1.82, 2.24) is 14.5 Å². The van der Waals surface area contributed by atoms with Crippen LogP contribution >= 0.6 is 0 Å². The molecule has 1 aromatic heterocycles. The zero-order valence-electron chi connectivity index (χ0n) is 20.7. The summed E-state index contributed by atoms with van der Waals surface area (Å²) < 4.78 is 7.24. The molecule has 0 spiro atoms. The van der Waals surface area contributed by atoms with E-state index in [0.29, 0.717) is 40.6 Å². The van der Waals surface area contributed by atoms with Crippen LogP contribution in [0.15, 0.2) is 53.3 Å². The number of methoxy groups -OCH3 is 1. The van der Waals surface area contributed by atoms with Crippen LogP contribution in [0.2, 0.25) is 0 Å². The van der Waals surface area contributed by atoms with Crippen LogP contribution in [-0.2, 0) is 4.79 Å². The van der Waals surface area contributed by atoms with Crippen LogP contribution in [0.1, 0.15) is 64.7 Å². The van der Waals surface area contributed by atoms with Crippen LogP contribution < -0.4 is 10.3 Å². The van der Waals surface area contributed by atoms with Gasteiger partial charge in [0, 0.05) is 12.5 Å². The number of ether oxygens (including phenoxy) is 1. The first-order valence-electron chi connectivity index (χ1n) is 12.4. The molecule has 1 aliphatic rings. The van der Waals surface area contributed by atoms with Crippen molar-refractivity contribution in [2.24, 2.45) is 11.8 Å². The summed E-state index contributed by atoms with van der Waals surface area (Å²) in [5.74, 6) is 1.85. The standard InChI is InChI=1S/C28H35N3O3/c1-19(2)17-18-30(27(32)21-11-5-6-12-21)20(3)26-29-23-14-8-7-13-22(23)28(33)31(26)24-15-9-10-16-25(24)34-4/h7-10,13-16,19-21H,5-6,11-12,17-18H2,1-4H3. The van der Waals surface area contributed by atoms with E-state index in [1.54, 1.807) is 17.7 Å². The minimum atomic E-state index is -0.367. The van der Waals surface area contributed by atoms with Gasteiger partial charge >= 0.3 is 0 Å². The van der Waals surface area contributed by atoms with Crippen LogP contribution in [0.25, 0.3) is 16.6 Å². The summed E-state index contributed by atoms with van der Waals surface area (Å²) in [6, 6.07) is 14.5. The molecule has 1 amide bonds. The van der Waals surface area contributed by atoms with E-state index in [-0.39, 0.29) is 23.4 Å². The Bertz CT molecular complexity index is 1210. The second-order valence-electron chi connectivity index (χ2n) is 9.67. The van der Waals surface area contributed by atoms with E-state index >= 15 is 0 Å². The molecule has 1 fully saturated rings. The van der Waals surface area contributed by atoms with Gasteiger partial charge in [0.25, 0.3) is 5.56 Å². The monoisotopic (exact) mass is 461 g/mol. The molecule has 0 bridgehead atoms. The first kappa shape index (κ1) is 24.0. The Kier molecular flexibility index (Phi) is 7.35. The molecule has 4 rings (SSSR count). The highest BCUT2D eigenvalue weighted by atomic mass is 16.5. The fourth-order valence-corrected chi connectivity index (χ4v) is 4.92. The molecule has 1 aliphatic carbocycles. The van der Waals surface area contributed by atoms with E-state index in [2.05, 4.69) is 13.8 Å². The van der Waals surface area contributed by atoms with Crippen molar-refractivity contribution in [3.05, 3.63) is 64.7 Å². The highest BCUT2D eigenvalue weighted by Crippen LogP contribution is 2.32. The predicted octanol–water partition coefficient (Wildman–Crippen LogP) is 5.52. The average Bonchev–Trinajstić information content (AvgIpc) is 3.39. The number of hydrogen-bond acceptors (Lipinski definition) is 4. The summed E-state index contributed by atoms with van der Waals surface area (Å²) in [6.07, 6.45) is 4.98. The fraction of sp³-hybridized carbons (Fsp3) is 0.464. The maximum absolute atomic E-state index is 13.8. The molecule has 0 aliphatic heterocycles. The number of hydrogen-bond donors (Lipinski definition) is 0. The molecule has 0 N–H and O–H groups in total. The molecule has 0 saturated heterocycles. The summed E-state index contributed by atoms with van der Waals surface area (Å²) in [5, 5.41) is 0.542. The second kappa shape index (κ2) is 10.4. The quantitative estimate of drug-likeness (QED) is 0.443. The van der Waals surface area contributed by atoms with Gasteiger partial charge in [-0.3, -0.25) is 14.2 Å². The molecule has 1 atom stereocenters. The van der Waals surface area contributed by atoms with Gasteiger partial charge in [0.05, 0.1) is 29.7 Å². The van der Waals surface area contributed by atoms with E-state index in [4.69, 9.17) is 9.72 Å². The van der Waals surface area contributed by atoms with E-state index in [1.807, 2.05) is 54.3 Å². The Labute approximate surface area is 201 Å². The topological polar surface area (TPSA) is 64.4 Å². The molecule has 6 nitrogen and oxygen atoms in total. The van der Waals surface area contributed by atoms with Crippen molar-refractivity contribution >= 4 is 16.8 Å². The molecule has 2 aromatic carbocycles. The third kappa shape index (κ3) is 4.72. The van der Waals surface area contributed by atoms with Crippen LogP contribution in [0, 0.1) is 11.8 Å². The average molecular weight is 462 g/mol. The number of nitrogens with zero attached hydrogens (tertiary/aromatic N) is 3. The summed E-state index contributed by atoms with van der Waals surface area (Å²) in [6.45, 7) is 6.97. The number of carbonyl (C=O) groups excluding carboxylic acids is 1. The maximum atomic E-state index is 13.8. The minimum Gasteiger partial charge on any atom is -0.495 e. The Hall–Kier alpha value is -3.15. The van der Waals surface area contributed by atoms with Crippen LogP contribution in [-0.4, -0.2) is 34.0 Å². The molecule has 1 heterocycles. The van der Waals surface area contributed by atoms with Crippen LogP contribution in [0.3, 0.4) is 0 Å². The summed E-state index contributed by atoms with van der Waals surface area (Å²) in [5.41, 5.74) is 1.11. The number of benzene rings is 2. The number of fused-ring (bicyclic) bond motifs is 1. The Balaban J connectivity index is 1.89. The van der Waals surface area contributed by atoms with Crippen LogP contribution in [0.4, 0.5) is 0 Å². The lowest BCUT2D eigenvalue weighted by Gasteiger charge is -2.33. The Morgan fingerprint density at radius 1 is 1.09 bits per heavy atom. The third-order valence-corrected chi connectivity index (χ3v) is 6.90. The summed E-state index contributed by atoms with van der Waals surface area (Å²) >= 11 is 0. The van der Waals surface area contributed by atoms with Gasteiger partial charge in [-0.2, -0.15) is 0 Å². The fourth-order valence-electron chi connectivity index (χ4n) is 4.92.